The average Bonchev–Trinajstić information content (AvgIpc) is 3.16. The summed E-state index contributed by atoms with van der Waals surface area (Å²) < 4.78 is 22.9. The number of hydrogen-bond acceptors (Lipinski definition) is 7. The highest BCUT2D eigenvalue weighted by molar-refractivity contribution is 9.10. The number of aliphatic hydroxyl groups is 1. The van der Waals surface area contributed by atoms with E-state index in [1.54, 1.807) is 13.2 Å². The number of rotatable bonds is 3. The van der Waals surface area contributed by atoms with Gasteiger partial charge in [0.15, 0.2) is 5.82 Å². The molecule has 11 heteroatoms. The van der Waals surface area contributed by atoms with E-state index in [1.165, 1.54) is 11.0 Å². The lowest BCUT2D eigenvalue weighted by Crippen LogP contribution is -2.42. The molecule has 168 valence electrons. The molecule has 0 saturated carbocycles. The lowest BCUT2D eigenvalue weighted by molar-refractivity contribution is -0.119. The lowest BCUT2D eigenvalue weighted by atomic mass is 10.1. The summed E-state index contributed by atoms with van der Waals surface area (Å²) >= 11 is 3.47. The first-order valence-corrected chi connectivity index (χ1v) is 11.2. The van der Waals surface area contributed by atoms with E-state index >= 15 is 4.39 Å². The molecule has 2 N–H and O–H groups in total. The van der Waals surface area contributed by atoms with Gasteiger partial charge in [0.05, 0.1) is 34.4 Å². The minimum Gasteiger partial charge on any atom is -0.389 e. The lowest BCUT2D eigenvalue weighted by Gasteiger charge is -2.28. The number of benzene rings is 1. The number of carbonyl (C=O) groups is 1. The predicted octanol–water partition coefficient (Wildman–Crippen LogP) is 2.88. The molecule has 2 aromatic heterocycles. The van der Waals surface area contributed by atoms with E-state index in [0.29, 0.717) is 52.6 Å². The summed E-state index contributed by atoms with van der Waals surface area (Å²) in [6.07, 6.45) is 1.88. The topological polar surface area (TPSA) is 105 Å². The predicted molar refractivity (Wildman–Crippen MR) is 120 cm³/mol. The first-order valence-electron chi connectivity index (χ1n) is 10.4. The van der Waals surface area contributed by atoms with E-state index in [4.69, 9.17) is 4.74 Å². The van der Waals surface area contributed by atoms with E-state index in [1.807, 2.05) is 17.6 Å². The van der Waals surface area contributed by atoms with Crippen LogP contribution in [0.2, 0.25) is 0 Å². The second kappa shape index (κ2) is 8.05. The van der Waals surface area contributed by atoms with Gasteiger partial charge in [0.25, 0.3) is 0 Å². The molecule has 0 bridgehead atoms. The Morgan fingerprint density at radius 3 is 2.94 bits per heavy atom. The number of aromatic nitrogens is 4. The molecule has 0 radical (unpaired) electrons. The Bertz CT molecular complexity index is 1220. The summed E-state index contributed by atoms with van der Waals surface area (Å²) in [4.78, 5) is 26.9. The molecule has 4 heterocycles. The molecule has 1 saturated heterocycles. The first-order chi connectivity index (χ1) is 15.3. The van der Waals surface area contributed by atoms with Crippen LogP contribution < -0.4 is 10.2 Å². The Labute approximate surface area is 191 Å². The van der Waals surface area contributed by atoms with Gasteiger partial charge in [0.1, 0.15) is 5.52 Å². The third kappa shape index (κ3) is 3.54. The van der Waals surface area contributed by atoms with E-state index in [-0.39, 0.29) is 30.1 Å². The molecular formula is C21H22BrFN6O3. The molecule has 0 unspecified atom stereocenters. The standard InChI is InChI=1S/C21H22BrFN6O3/c1-10-5-17(31)28(2)21-27-19-13(23)6-11(7-15(19)29(10)21)18-12(22)8-24-20(26-18)25-14-3-4-32-9-16(14)30/h6-8,10,14,16,30H,3-5,9H2,1-2H3,(H,24,25,26)/t10-,14+,16+/m0/s1. The van der Waals surface area contributed by atoms with Gasteiger partial charge in [-0.15, -0.1) is 0 Å². The van der Waals surface area contributed by atoms with Gasteiger partial charge in [-0.1, -0.05) is 0 Å². The Morgan fingerprint density at radius 2 is 2.16 bits per heavy atom. The van der Waals surface area contributed by atoms with Crippen LogP contribution >= 0.6 is 15.9 Å². The van der Waals surface area contributed by atoms with Gasteiger partial charge < -0.3 is 19.7 Å². The van der Waals surface area contributed by atoms with Crippen LogP contribution in [0.4, 0.5) is 16.3 Å². The zero-order valence-electron chi connectivity index (χ0n) is 17.5. The summed E-state index contributed by atoms with van der Waals surface area (Å²) in [5, 5.41) is 13.3. The number of nitrogens with zero attached hydrogens (tertiary/aromatic N) is 5. The van der Waals surface area contributed by atoms with Crippen LogP contribution in [-0.2, 0) is 9.53 Å². The fourth-order valence-corrected chi connectivity index (χ4v) is 4.66. The van der Waals surface area contributed by atoms with Crippen molar-refractivity contribution in [2.45, 2.75) is 38.0 Å². The summed E-state index contributed by atoms with van der Waals surface area (Å²) in [6, 6.07) is 2.84. The van der Waals surface area contributed by atoms with Crippen molar-refractivity contribution in [2.24, 2.45) is 0 Å². The highest BCUT2D eigenvalue weighted by atomic mass is 79.9. The fraction of sp³-hybridized carbons (Fsp3) is 0.429. The van der Waals surface area contributed by atoms with Gasteiger partial charge in [-0.25, -0.2) is 19.3 Å². The largest absolute Gasteiger partial charge is 0.389 e. The molecule has 1 amide bonds. The molecule has 0 spiro atoms. The van der Waals surface area contributed by atoms with Crippen LogP contribution in [0.15, 0.2) is 22.8 Å². The third-order valence-electron chi connectivity index (χ3n) is 5.97. The molecule has 3 atom stereocenters. The van der Waals surface area contributed by atoms with Crippen molar-refractivity contribution >= 4 is 44.8 Å². The summed E-state index contributed by atoms with van der Waals surface area (Å²) in [7, 11) is 1.65. The van der Waals surface area contributed by atoms with Crippen molar-refractivity contribution in [1.29, 1.82) is 0 Å². The smallest absolute Gasteiger partial charge is 0.231 e. The highest BCUT2D eigenvalue weighted by Crippen LogP contribution is 2.37. The van der Waals surface area contributed by atoms with Crippen LogP contribution in [0, 0.1) is 5.82 Å². The number of imidazole rings is 1. The van der Waals surface area contributed by atoms with E-state index in [0.717, 1.165) is 0 Å². The molecule has 2 aliphatic rings. The molecule has 32 heavy (non-hydrogen) atoms. The van der Waals surface area contributed by atoms with Crippen LogP contribution in [0.1, 0.15) is 25.8 Å². The summed E-state index contributed by atoms with van der Waals surface area (Å²) in [5.74, 6) is 0.221. The van der Waals surface area contributed by atoms with E-state index in [2.05, 4.69) is 36.2 Å². The Kier molecular flexibility index (Phi) is 5.34. The number of aliphatic hydroxyl groups excluding tert-OH is 1. The van der Waals surface area contributed by atoms with Gasteiger partial charge in [-0.2, -0.15) is 0 Å². The number of ether oxygens (including phenoxy) is 1. The van der Waals surface area contributed by atoms with E-state index < -0.39 is 11.9 Å². The molecule has 0 aliphatic carbocycles. The van der Waals surface area contributed by atoms with Crippen molar-refractivity contribution < 1.29 is 19.0 Å². The van der Waals surface area contributed by atoms with Gasteiger partial charge in [-0.05, 0) is 41.4 Å². The molecule has 3 aromatic rings. The molecule has 2 aliphatic heterocycles. The van der Waals surface area contributed by atoms with Crippen LogP contribution in [0.5, 0.6) is 0 Å². The quantitative estimate of drug-likeness (QED) is 0.564. The van der Waals surface area contributed by atoms with E-state index in [9.17, 15) is 9.90 Å². The minimum atomic E-state index is -0.659. The molecular weight excluding hydrogens is 483 g/mol. The number of halogens is 2. The van der Waals surface area contributed by atoms with Crippen molar-refractivity contribution in [1.82, 2.24) is 19.5 Å². The second-order valence-corrected chi connectivity index (χ2v) is 9.04. The molecule has 5 rings (SSSR count). The van der Waals surface area contributed by atoms with Crippen molar-refractivity contribution in [3.05, 3.63) is 28.6 Å². The molecule has 1 fully saturated rings. The Balaban J connectivity index is 1.58. The number of hydrogen-bond donors (Lipinski definition) is 2. The van der Waals surface area contributed by atoms with Crippen molar-refractivity contribution in [2.75, 3.05) is 30.5 Å². The minimum absolute atomic E-state index is 0.0505. The van der Waals surface area contributed by atoms with Gasteiger partial charge >= 0.3 is 0 Å². The Morgan fingerprint density at radius 1 is 1.34 bits per heavy atom. The SMILES string of the molecule is C[C@H]1CC(=O)N(C)c2nc3c(F)cc(-c4nc(N[C@@H]5CCOC[C@H]5O)ncc4Br)cc3n21. The highest BCUT2D eigenvalue weighted by Gasteiger charge is 2.31. The normalized spacial score (nSPS) is 23.5. The molecule has 1 aromatic carbocycles. The second-order valence-electron chi connectivity index (χ2n) is 8.19. The first kappa shape index (κ1) is 21.2. The van der Waals surface area contributed by atoms with Gasteiger partial charge in [0.2, 0.25) is 17.8 Å². The van der Waals surface area contributed by atoms with Crippen molar-refractivity contribution in [3.63, 3.8) is 0 Å². The maximum atomic E-state index is 15.1. The van der Waals surface area contributed by atoms with Gasteiger partial charge in [-0.3, -0.25) is 9.69 Å². The fourth-order valence-electron chi connectivity index (χ4n) is 4.24. The van der Waals surface area contributed by atoms with Crippen LogP contribution in [0.3, 0.4) is 0 Å². The Hall–Kier alpha value is -2.63. The maximum absolute atomic E-state index is 15.1. The van der Waals surface area contributed by atoms with Crippen molar-refractivity contribution in [3.8, 4) is 11.3 Å². The zero-order chi connectivity index (χ0) is 22.6. The third-order valence-corrected chi connectivity index (χ3v) is 6.55. The number of amides is 1. The molecule has 9 nitrogen and oxygen atoms in total. The average molecular weight is 505 g/mol. The zero-order valence-corrected chi connectivity index (χ0v) is 19.1. The maximum Gasteiger partial charge on any atom is 0.231 e. The van der Waals surface area contributed by atoms with Crippen LogP contribution in [-0.4, -0.2) is 62.9 Å². The van der Waals surface area contributed by atoms with Gasteiger partial charge in [0, 0.05) is 37.9 Å². The number of carbonyl (C=O) groups excluding carboxylic acids is 1. The summed E-state index contributed by atoms with van der Waals surface area (Å²) in [6.45, 7) is 2.72. The number of nitrogens with one attached hydrogen (secondary N) is 1. The number of fused-ring (bicyclic) bond motifs is 3. The number of anilines is 2. The monoisotopic (exact) mass is 504 g/mol. The summed E-state index contributed by atoms with van der Waals surface area (Å²) in [5.41, 5.74) is 1.87. The van der Waals surface area contributed by atoms with Crippen LogP contribution in [0.25, 0.3) is 22.3 Å².